The van der Waals surface area contributed by atoms with E-state index in [1.165, 1.54) is 12.5 Å². The first-order valence-electron chi connectivity index (χ1n) is 7.39. The molecule has 116 valence electrons. The average molecular weight is 294 g/mol. The number of amides is 2. The molecule has 1 aliphatic carbocycles. The maximum absolute atomic E-state index is 11.7. The molecule has 0 aromatic carbocycles. The zero-order valence-electron chi connectivity index (χ0n) is 12.1. The van der Waals surface area contributed by atoms with Gasteiger partial charge >= 0.3 is 0 Å². The minimum atomic E-state index is -0.756. The topological polar surface area (TPSA) is 91.6 Å². The lowest BCUT2D eigenvalue weighted by Crippen LogP contribution is -2.44. The van der Waals surface area contributed by atoms with Crippen LogP contribution in [0.1, 0.15) is 48.9 Å². The minimum absolute atomic E-state index is 0.165. The highest BCUT2D eigenvalue weighted by molar-refractivity contribution is 5.93. The Morgan fingerprint density at radius 3 is 2.67 bits per heavy atom. The Morgan fingerprint density at radius 2 is 2.00 bits per heavy atom. The molecule has 1 aromatic rings. The standard InChI is InChI=1S/C15H22N2O4/c18-13(17-11-15(20)6-2-1-3-7-15)4-8-16-14(19)12-5-9-21-10-12/h5,9-10,20H,1-4,6-8,11H2,(H,16,19)(H,17,18). The van der Waals surface area contributed by atoms with Crippen LogP contribution in [0.15, 0.2) is 23.0 Å². The molecule has 0 spiro atoms. The van der Waals surface area contributed by atoms with Crippen LogP contribution >= 0.6 is 0 Å². The predicted molar refractivity (Wildman–Crippen MR) is 76.7 cm³/mol. The van der Waals surface area contributed by atoms with Crippen molar-refractivity contribution in [3.63, 3.8) is 0 Å². The van der Waals surface area contributed by atoms with E-state index in [1.807, 2.05) is 0 Å². The van der Waals surface area contributed by atoms with Gasteiger partial charge in [0.25, 0.3) is 5.91 Å². The summed E-state index contributed by atoms with van der Waals surface area (Å²) in [7, 11) is 0. The number of furan rings is 1. The molecule has 1 aliphatic rings. The maximum atomic E-state index is 11.7. The molecule has 0 unspecified atom stereocenters. The Balaban J connectivity index is 1.62. The van der Waals surface area contributed by atoms with E-state index in [0.717, 1.165) is 32.1 Å². The number of hydrogen-bond donors (Lipinski definition) is 3. The number of nitrogens with one attached hydrogen (secondary N) is 2. The van der Waals surface area contributed by atoms with Gasteiger partial charge in [-0.2, -0.15) is 0 Å². The quantitative estimate of drug-likeness (QED) is 0.735. The van der Waals surface area contributed by atoms with Crippen molar-refractivity contribution in [2.75, 3.05) is 13.1 Å². The molecule has 6 nitrogen and oxygen atoms in total. The fourth-order valence-electron chi connectivity index (χ4n) is 2.52. The normalized spacial score (nSPS) is 17.2. The van der Waals surface area contributed by atoms with Crippen molar-refractivity contribution in [2.45, 2.75) is 44.1 Å². The van der Waals surface area contributed by atoms with Gasteiger partial charge in [-0.3, -0.25) is 9.59 Å². The summed E-state index contributed by atoms with van der Waals surface area (Å²) in [5, 5.41) is 15.6. The molecule has 21 heavy (non-hydrogen) atoms. The van der Waals surface area contributed by atoms with Gasteiger partial charge in [-0.15, -0.1) is 0 Å². The van der Waals surface area contributed by atoms with Crippen molar-refractivity contribution in [3.05, 3.63) is 24.2 Å². The summed E-state index contributed by atoms with van der Waals surface area (Å²) in [6.45, 7) is 0.551. The molecule has 0 saturated heterocycles. The van der Waals surface area contributed by atoms with Crippen molar-refractivity contribution in [2.24, 2.45) is 0 Å². The van der Waals surface area contributed by atoms with Crippen LogP contribution in [-0.4, -0.2) is 35.6 Å². The molecule has 3 N–H and O–H groups in total. The molecular formula is C15H22N2O4. The Morgan fingerprint density at radius 1 is 1.24 bits per heavy atom. The monoisotopic (exact) mass is 294 g/mol. The molecule has 6 heteroatoms. The lowest BCUT2D eigenvalue weighted by Gasteiger charge is -2.32. The van der Waals surface area contributed by atoms with E-state index in [2.05, 4.69) is 10.6 Å². The van der Waals surface area contributed by atoms with E-state index < -0.39 is 5.60 Å². The zero-order valence-corrected chi connectivity index (χ0v) is 12.1. The Bertz CT molecular complexity index is 464. The zero-order chi connectivity index (χ0) is 15.1. The van der Waals surface area contributed by atoms with Crippen molar-refractivity contribution in [1.82, 2.24) is 10.6 Å². The van der Waals surface area contributed by atoms with Gasteiger partial charge in [0.05, 0.1) is 17.4 Å². The number of carbonyl (C=O) groups is 2. The van der Waals surface area contributed by atoms with Crippen LogP contribution in [0.4, 0.5) is 0 Å². The third-order valence-electron chi connectivity index (χ3n) is 3.82. The van der Waals surface area contributed by atoms with Gasteiger partial charge in [-0.25, -0.2) is 0 Å². The third kappa shape index (κ3) is 4.90. The van der Waals surface area contributed by atoms with Gasteiger partial charge in [0.1, 0.15) is 6.26 Å². The lowest BCUT2D eigenvalue weighted by atomic mass is 9.85. The van der Waals surface area contributed by atoms with Crippen LogP contribution in [0.25, 0.3) is 0 Å². The summed E-state index contributed by atoms with van der Waals surface area (Å²) in [6, 6.07) is 1.56. The Kier molecular flexibility index (Phi) is 5.38. The van der Waals surface area contributed by atoms with Crippen molar-refractivity contribution >= 4 is 11.8 Å². The van der Waals surface area contributed by atoms with Crippen molar-refractivity contribution < 1.29 is 19.1 Å². The van der Waals surface area contributed by atoms with Crippen LogP contribution in [0, 0.1) is 0 Å². The molecule has 0 atom stereocenters. The number of rotatable bonds is 6. The van der Waals surface area contributed by atoms with Gasteiger partial charge in [0, 0.05) is 19.5 Å². The second-order valence-corrected chi connectivity index (χ2v) is 5.58. The summed E-state index contributed by atoms with van der Waals surface area (Å²) in [5.74, 6) is -0.427. The smallest absolute Gasteiger partial charge is 0.254 e. The Hall–Kier alpha value is -1.82. The minimum Gasteiger partial charge on any atom is -0.472 e. The average Bonchev–Trinajstić information content (AvgIpc) is 3.00. The van der Waals surface area contributed by atoms with Crippen LogP contribution < -0.4 is 10.6 Å². The first kappa shape index (κ1) is 15.6. The second-order valence-electron chi connectivity index (χ2n) is 5.58. The molecule has 2 rings (SSSR count). The van der Waals surface area contributed by atoms with Gasteiger partial charge < -0.3 is 20.2 Å². The maximum Gasteiger partial charge on any atom is 0.254 e. The fraction of sp³-hybridized carbons (Fsp3) is 0.600. The molecule has 1 saturated carbocycles. The highest BCUT2D eigenvalue weighted by atomic mass is 16.3. The summed E-state index contributed by atoms with van der Waals surface area (Å²) < 4.78 is 4.81. The van der Waals surface area contributed by atoms with Crippen LogP contribution in [0.3, 0.4) is 0 Å². The van der Waals surface area contributed by atoms with Crippen molar-refractivity contribution in [3.8, 4) is 0 Å². The second kappa shape index (κ2) is 7.26. The fourth-order valence-corrected chi connectivity index (χ4v) is 2.52. The summed E-state index contributed by atoms with van der Waals surface area (Å²) in [4.78, 5) is 23.3. The van der Waals surface area contributed by atoms with E-state index in [4.69, 9.17) is 4.42 Å². The number of aliphatic hydroxyl groups is 1. The first-order valence-corrected chi connectivity index (χ1v) is 7.39. The van der Waals surface area contributed by atoms with Crippen LogP contribution in [0.5, 0.6) is 0 Å². The van der Waals surface area contributed by atoms with Gasteiger partial charge in [-0.05, 0) is 18.9 Å². The van der Waals surface area contributed by atoms with E-state index in [0.29, 0.717) is 12.1 Å². The largest absolute Gasteiger partial charge is 0.472 e. The van der Waals surface area contributed by atoms with Gasteiger partial charge in [0.2, 0.25) is 5.91 Å². The van der Waals surface area contributed by atoms with Crippen LogP contribution in [0.2, 0.25) is 0 Å². The van der Waals surface area contributed by atoms with E-state index in [-0.39, 0.29) is 24.8 Å². The molecule has 0 aliphatic heterocycles. The van der Waals surface area contributed by atoms with E-state index >= 15 is 0 Å². The SMILES string of the molecule is O=C(CCNC(=O)c1ccoc1)NCC1(O)CCCCC1. The number of carbonyl (C=O) groups excluding carboxylic acids is 2. The molecule has 2 amide bonds. The molecule has 0 radical (unpaired) electrons. The van der Waals surface area contributed by atoms with Gasteiger partial charge in [-0.1, -0.05) is 19.3 Å². The molecule has 1 heterocycles. The Labute approximate surface area is 123 Å². The van der Waals surface area contributed by atoms with Crippen molar-refractivity contribution in [1.29, 1.82) is 0 Å². The summed E-state index contributed by atoms with van der Waals surface area (Å²) in [6.07, 6.45) is 7.62. The summed E-state index contributed by atoms with van der Waals surface area (Å²) >= 11 is 0. The van der Waals surface area contributed by atoms with Gasteiger partial charge in [0.15, 0.2) is 0 Å². The highest BCUT2D eigenvalue weighted by Gasteiger charge is 2.29. The highest BCUT2D eigenvalue weighted by Crippen LogP contribution is 2.27. The van der Waals surface area contributed by atoms with Crippen LogP contribution in [-0.2, 0) is 4.79 Å². The third-order valence-corrected chi connectivity index (χ3v) is 3.82. The molecule has 1 fully saturated rings. The molecular weight excluding hydrogens is 272 g/mol. The molecule has 0 bridgehead atoms. The summed E-state index contributed by atoms with van der Waals surface area (Å²) in [5.41, 5.74) is -0.319. The predicted octanol–water partition coefficient (Wildman–Crippen LogP) is 1.21. The number of hydrogen-bond acceptors (Lipinski definition) is 4. The first-order chi connectivity index (χ1) is 10.1. The lowest BCUT2D eigenvalue weighted by molar-refractivity contribution is -0.122. The molecule has 1 aromatic heterocycles. The van der Waals surface area contributed by atoms with E-state index in [9.17, 15) is 14.7 Å². The van der Waals surface area contributed by atoms with E-state index in [1.54, 1.807) is 6.07 Å².